The number of carbonyl (C=O) groups excluding carboxylic acids is 1. The Bertz CT molecular complexity index is 839. The zero-order valence-corrected chi connectivity index (χ0v) is 17.5. The highest BCUT2D eigenvalue weighted by atomic mass is 16.5. The molecule has 0 saturated heterocycles. The lowest BCUT2D eigenvalue weighted by Crippen LogP contribution is -2.15. The number of carbonyl (C=O) groups is 1. The van der Waals surface area contributed by atoms with Crippen LogP contribution < -0.4 is 4.74 Å². The second-order valence-electron chi connectivity index (χ2n) is 7.80. The number of ether oxygens (including phenoxy) is 1. The van der Waals surface area contributed by atoms with Gasteiger partial charge in [-0.25, -0.2) is 14.8 Å². The monoisotopic (exact) mass is 390 g/mol. The summed E-state index contributed by atoms with van der Waals surface area (Å²) in [5.74, 6) is 8.31. The number of aromatic nitrogens is 2. The molecule has 29 heavy (non-hydrogen) atoms. The first kappa shape index (κ1) is 21.0. The van der Waals surface area contributed by atoms with Crippen molar-refractivity contribution in [2.75, 3.05) is 0 Å². The first-order valence-electron chi connectivity index (χ1n) is 10.8. The summed E-state index contributed by atoms with van der Waals surface area (Å²) in [7, 11) is 0. The predicted molar refractivity (Wildman–Crippen MR) is 115 cm³/mol. The van der Waals surface area contributed by atoms with Gasteiger partial charge in [-0.05, 0) is 62.3 Å². The summed E-state index contributed by atoms with van der Waals surface area (Å²) in [6.45, 7) is 4.35. The van der Waals surface area contributed by atoms with Crippen LogP contribution in [0.4, 0.5) is 0 Å². The molecule has 152 valence electrons. The van der Waals surface area contributed by atoms with Crippen LogP contribution in [0.3, 0.4) is 0 Å². The zero-order valence-electron chi connectivity index (χ0n) is 17.5. The van der Waals surface area contributed by atoms with Gasteiger partial charge in [-0.15, -0.1) is 0 Å². The molecule has 1 saturated carbocycles. The van der Waals surface area contributed by atoms with Crippen molar-refractivity contribution >= 4 is 5.97 Å². The molecule has 4 heteroatoms. The number of rotatable bonds is 6. The minimum absolute atomic E-state index is 0.380. The van der Waals surface area contributed by atoms with Crippen molar-refractivity contribution in [1.82, 2.24) is 9.97 Å². The lowest BCUT2D eigenvalue weighted by Gasteiger charge is -2.27. The van der Waals surface area contributed by atoms with Crippen LogP contribution in [0, 0.1) is 17.8 Å². The normalized spacial score (nSPS) is 18.6. The molecule has 1 fully saturated rings. The Kier molecular flexibility index (Phi) is 7.81. The number of hydrogen-bond donors (Lipinski definition) is 0. The molecule has 0 atom stereocenters. The van der Waals surface area contributed by atoms with Crippen LogP contribution in [-0.4, -0.2) is 15.9 Å². The third-order valence-electron chi connectivity index (χ3n) is 5.50. The number of benzene rings is 1. The number of esters is 1. The summed E-state index contributed by atoms with van der Waals surface area (Å²) in [4.78, 5) is 21.3. The van der Waals surface area contributed by atoms with E-state index in [9.17, 15) is 4.79 Å². The van der Waals surface area contributed by atoms with Gasteiger partial charge in [-0.3, -0.25) is 0 Å². The van der Waals surface area contributed by atoms with E-state index in [4.69, 9.17) is 4.74 Å². The fourth-order valence-electron chi connectivity index (χ4n) is 3.85. The van der Waals surface area contributed by atoms with Crippen LogP contribution in [0.5, 0.6) is 5.75 Å². The van der Waals surface area contributed by atoms with Gasteiger partial charge in [0, 0.05) is 17.9 Å². The van der Waals surface area contributed by atoms with Crippen LogP contribution in [0.2, 0.25) is 0 Å². The van der Waals surface area contributed by atoms with Gasteiger partial charge >= 0.3 is 5.97 Å². The molecule has 0 spiro atoms. The summed E-state index contributed by atoms with van der Waals surface area (Å²) < 4.78 is 5.43. The summed E-state index contributed by atoms with van der Waals surface area (Å²) >= 11 is 0. The Hall–Kier alpha value is -2.67. The zero-order chi connectivity index (χ0) is 20.5. The predicted octanol–water partition coefficient (Wildman–Crippen LogP) is 5.92. The Labute approximate surface area is 174 Å². The van der Waals surface area contributed by atoms with E-state index in [0.717, 1.165) is 43.0 Å². The smallest absolute Gasteiger partial charge is 0.343 e. The maximum absolute atomic E-state index is 12.4. The van der Waals surface area contributed by atoms with Gasteiger partial charge in [-0.2, -0.15) is 0 Å². The minimum Gasteiger partial charge on any atom is -0.420 e. The lowest BCUT2D eigenvalue weighted by atomic mass is 9.80. The SMILES string of the molecule is CCCC#Cc1ccc(C(=O)Oc2cnc(C3CCC(CCC)CC3)nc2)cc1. The molecule has 4 nitrogen and oxygen atoms in total. The van der Waals surface area contributed by atoms with Gasteiger partial charge < -0.3 is 4.74 Å². The highest BCUT2D eigenvalue weighted by molar-refractivity contribution is 5.91. The van der Waals surface area contributed by atoms with Crippen molar-refractivity contribution in [3.63, 3.8) is 0 Å². The van der Waals surface area contributed by atoms with Crippen molar-refractivity contribution in [1.29, 1.82) is 0 Å². The molecule has 1 aliphatic rings. The van der Waals surface area contributed by atoms with E-state index in [1.807, 2.05) is 12.1 Å². The number of nitrogens with zero attached hydrogens (tertiary/aromatic N) is 2. The molecule has 1 heterocycles. The summed E-state index contributed by atoms with van der Waals surface area (Å²) in [5, 5.41) is 0. The van der Waals surface area contributed by atoms with E-state index >= 15 is 0 Å². The second-order valence-corrected chi connectivity index (χ2v) is 7.80. The topological polar surface area (TPSA) is 52.1 Å². The Morgan fingerprint density at radius 1 is 1.03 bits per heavy atom. The van der Waals surface area contributed by atoms with Crippen molar-refractivity contribution in [3.05, 3.63) is 53.6 Å². The average Bonchev–Trinajstić information content (AvgIpc) is 2.76. The molecule has 1 aliphatic carbocycles. The van der Waals surface area contributed by atoms with E-state index in [1.54, 1.807) is 24.5 Å². The Balaban J connectivity index is 1.54. The standard InChI is InChI=1S/C25H30N2O2/c1-3-5-6-8-20-11-15-22(16-12-20)25(28)29-23-17-26-24(27-18-23)21-13-9-19(7-4-2)10-14-21/h11-12,15-19,21H,3-5,7,9-10,13-14H2,1-2H3. The molecule has 0 unspecified atom stereocenters. The average molecular weight is 391 g/mol. The van der Waals surface area contributed by atoms with Crippen LogP contribution in [0.25, 0.3) is 0 Å². The fourth-order valence-corrected chi connectivity index (χ4v) is 3.85. The molecule has 0 amide bonds. The molecule has 0 radical (unpaired) electrons. The maximum atomic E-state index is 12.4. The number of hydrogen-bond acceptors (Lipinski definition) is 4. The van der Waals surface area contributed by atoms with Gasteiger partial charge in [0.2, 0.25) is 0 Å². The first-order valence-corrected chi connectivity index (χ1v) is 10.8. The Morgan fingerprint density at radius 3 is 2.34 bits per heavy atom. The lowest BCUT2D eigenvalue weighted by molar-refractivity contribution is 0.0733. The highest BCUT2D eigenvalue weighted by Crippen LogP contribution is 2.36. The van der Waals surface area contributed by atoms with Crippen molar-refractivity contribution in [2.24, 2.45) is 5.92 Å². The van der Waals surface area contributed by atoms with Crippen LogP contribution in [-0.2, 0) is 0 Å². The van der Waals surface area contributed by atoms with E-state index in [2.05, 4.69) is 35.7 Å². The molecular weight excluding hydrogens is 360 g/mol. The Morgan fingerprint density at radius 2 is 1.72 bits per heavy atom. The van der Waals surface area contributed by atoms with Crippen molar-refractivity contribution < 1.29 is 9.53 Å². The molecule has 0 bridgehead atoms. The highest BCUT2D eigenvalue weighted by Gasteiger charge is 2.23. The quantitative estimate of drug-likeness (QED) is 0.454. The van der Waals surface area contributed by atoms with Gasteiger partial charge in [0.1, 0.15) is 5.82 Å². The molecule has 0 N–H and O–H groups in total. The van der Waals surface area contributed by atoms with E-state index < -0.39 is 5.97 Å². The van der Waals surface area contributed by atoms with Crippen LogP contribution in [0.15, 0.2) is 36.7 Å². The largest absolute Gasteiger partial charge is 0.420 e. The third-order valence-corrected chi connectivity index (χ3v) is 5.50. The summed E-state index contributed by atoms with van der Waals surface area (Å²) in [5.41, 5.74) is 1.39. The number of unbranched alkanes of at least 4 members (excludes halogenated alkanes) is 1. The van der Waals surface area contributed by atoms with E-state index in [-0.39, 0.29) is 0 Å². The minimum atomic E-state index is -0.408. The van der Waals surface area contributed by atoms with E-state index in [0.29, 0.717) is 17.2 Å². The van der Waals surface area contributed by atoms with Gasteiger partial charge in [-0.1, -0.05) is 38.5 Å². The molecule has 2 aromatic rings. The fraction of sp³-hybridized carbons (Fsp3) is 0.480. The van der Waals surface area contributed by atoms with Crippen LogP contribution >= 0.6 is 0 Å². The van der Waals surface area contributed by atoms with Crippen molar-refractivity contribution in [3.8, 4) is 17.6 Å². The first-order chi connectivity index (χ1) is 14.2. The van der Waals surface area contributed by atoms with Gasteiger partial charge in [0.15, 0.2) is 5.75 Å². The second kappa shape index (κ2) is 10.8. The van der Waals surface area contributed by atoms with Gasteiger partial charge in [0.25, 0.3) is 0 Å². The van der Waals surface area contributed by atoms with Crippen LogP contribution in [0.1, 0.15) is 92.9 Å². The maximum Gasteiger partial charge on any atom is 0.343 e. The van der Waals surface area contributed by atoms with E-state index in [1.165, 1.54) is 25.7 Å². The molecule has 0 aliphatic heterocycles. The molecular formula is C25H30N2O2. The molecule has 1 aromatic heterocycles. The summed E-state index contributed by atoms with van der Waals surface area (Å²) in [6, 6.07) is 7.16. The molecule has 1 aromatic carbocycles. The van der Waals surface area contributed by atoms with Crippen molar-refractivity contribution in [2.45, 2.75) is 71.1 Å². The van der Waals surface area contributed by atoms with Gasteiger partial charge in [0.05, 0.1) is 18.0 Å². The summed E-state index contributed by atoms with van der Waals surface area (Å²) in [6.07, 6.45) is 12.6. The molecule has 3 rings (SSSR count). The third kappa shape index (κ3) is 6.15.